The molecule has 1 aliphatic carbocycles. The molecule has 0 spiro atoms. The minimum absolute atomic E-state index is 0.00790. The van der Waals surface area contributed by atoms with E-state index in [1.807, 2.05) is 12.1 Å². The number of amides is 1. The highest BCUT2D eigenvalue weighted by Crippen LogP contribution is 2.40. The van der Waals surface area contributed by atoms with Crippen LogP contribution in [0, 0.1) is 6.92 Å². The summed E-state index contributed by atoms with van der Waals surface area (Å²) in [5.41, 5.74) is 5.48. The van der Waals surface area contributed by atoms with Gasteiger partial charge >= 0.3 is 0 Å². The van der Waals surface area contributed by atoms with E-state index in [1.54, 1.807) is 0 Å². The molecule has 3 heteroatoms. The number of aryl methyl sites for hydroxylation is 3. The fourth-order valence-electron chi connectivity index (χ4n) is 4.22. The molecule has 2 aromatic rings. The van der Waals surface area contributed by atoms with E-state index in [-0.39, 0.29) is 17.6 Å². The standard InChI is InChI=1S/C23H27NO2/c1-15-8-11-21-19(12-15)20(14-23(2,3)26-21)24-22(25)18-10-9-16-6-4-5-7-17(16)13-18/h8-13,20H,4-7,14H2,1-3H3,(H,24,25). The number of ether oxygens (including phenoxy) is 1. The van der Waals surface area contributed by atoms with Crippen LogP contribution in [0.2, 0.25) is 0 Å². The first-order valence-electron chi connectivity index (χ1n) is 9.63. The van der Waals surface area contributed by atoms with Crippen molar-refractivity contribution in [3.63, 3.8) is 0 Å². The van der Waals surface area contributed by atoms with Gasteiger partial charge < -0.3 is 10.1 Å². The van der Waals surface area contributed by atoms with Gasteiger partial charge in [0, 0.05) is 17.5 Å². The van der Waals surface area contributed by atoms with Gasteiger partial charge in [-0.15, -0.1) is 0 Å². The number of carbonyl (C=O) groups excluding carboxylic acids is 1. The Morgan fingerprint density at radius 2 is 1.85 bits per heavy atom. The number of benzene rings is 2. The monoisotopic (exact) mass is 349 g/mol. The van der Waals surface area contributed by atoms with E-state index in [4.69, 9.17) is 4.74 Å². The van der Waals surface area contributed by atoms with Crippen molar-refractivity contribution in [1.82, 2.24) is 5.32 Å². The van der Waals surface area contributed by atoms with Gasteiger partial charge in [0.2, 0.25) is 0 Å². The maximum absolute atomic E-state index is 13.0. The Hall–Kier alpha value is -2.29. The molecule has 0 radical (unpaired) electrons. The quantitative estimate of drug-likeness (QED) is 0.837. The molecular weight excluding hydrogens is 322 g/mol. The molecule has 0 aromatic heterocycles. The van der Waals surface area contributed by atoms with Crippen LogP contribution in [0.5, 0.6) is 5.75 Å². The molecule has 2 aliphatic rings. The second-order valence-corrected chi connectivity index (χ2v) is 8.32. The van der Waals surface area contributed by atoms with Crippen molar-refractivity contribution in [3.8, 4) is 5.75 Å². The van der Waals surface area contributed by atoms with Crippen LogP contribution < -0.4 is 10.1 Å². The number of hydrogen-bond acceptors (Lipinski definition) is 2. The summed E-state index contributed by atoms with van der Waals surface area (Å²) >= 11 is 0. The predicted molar refractivity (Wildman–Crippen MR) is 104 cm³/mol. The summed E-state index contributed by atoms with van der Waals surface area (Å²) in [7, 11) is 0. The highest BCUT2D eigenvalue weighted by molar-refractivity contribution is 5.94. The van der Waals surface area contributed by atoms with Gasteiger partial charge in [-0.1, -0.05) is 23.8 Å². The van der Waals surface area contributed by atoms with Crippen molar-refractivity contribution >= 4 is 5.91 Å². The maximum Gasteiger partial charge on any atom is 0.251 e. The first-order chi connectivity index (χ1) is 12.4. The van der Waals surface area contributed by atoms with E-state index in [0.29, 0.717) is 0 Å². The summed E-state index contributed by atoms with van der Waals surface area (Å²) in [4.78, 5) is 13.0. The van der Waals surface area contributed by atoms with Gasteiger partial charge in [0.05, 0.1) is 6.04 Å². The topological polar surface area (TPSA) is 38.3 Å². The average molecular weight is 349 g/mol. The van der Waals surface area contributed by atoms with Crippen molar-refractivity contribution < 1.29 is 9.53 Å². The summed E-state index contributed by atoms with van der Waals surface area (Å²) in [5.74, 6) is 0.885. The third-order valence-corrected chi connectivity index (χ3v) is 5.54. The molecule has 4 rings (SSSR count). The van der Waals surface area contributed by atoms with Crippen LogP contribution in [0.1, 0.15) is 71.8 Å². The smallest absolute Gasteiger partial charge is 0.251 e. The molecule has 1 aliphatic heterocycles. The number of hydrogen-bond donors (Lipinski definition) is 1. The molecule has 1 heterocycles. The molecule has 1 atom stereocenters. The Morgan fingerprint density at radius 3 is 2.65 bits per heavy atom. The van der Waals surface area contributed by atoms with E-state index in [2.05, 4.69) is 50.4 Å². The lowest BCUT2D eigenvalue weighted by atomic mass is 9.88. The van der Waals surface area contributed by atoms with Crippen LogP contribution >= 0.6 is 0 Å². The highest BCUT2D eigenvalue weighted by Gasteiger charge is 2.34. The van der Waals surface area contributed by atoms with Crippen LogP contribution in [0.25, 0.3) is 0 Å². The number of rotatable bonds is 2. The Kier molecular flexibility index (Phi) is 4.26. The molecule has 0 bridgehead atoms. The van der Waals surface area contributed by atoms with Crippen LogP contribution in [0.15, 0.2) is 36.4 Å². The third-order valence-electron chi connectivity index (χ3n) is 5.54. The minimum Gasteiger partial charge on any atom is -0.487 e. The molecule has 26 heavy (non-hydrogen) atoms. The molecule has 1 unspecified atom stereocenters. The zero-order valence-electron chi connectivity index (χ0n) is 15.9. The number of carbonyl (C=O) groups is 1. The lowest BCUT2D eigenvalue weighted by Gasteiger charge is -2.38. The first kappa shape index (κ1) is 17.1. The fourth-order valence-corrected chi connectivity index (χ4v) is 4.22. The van der Waals surface area contributed by atoms with Crippen LogP contribution in [0.3, 0.4) is 0 Å². The zero-order chi connectivity index (χ0) is 18.3. The van der Waals surface area contributed by atoms with Gasteiger partial charge in [-0.05, 0) is 75.8 Å². The van der Waals surface area contributed by atoms with Gasteiger partial charge in [0.15, 0.2) is 0 Å². The average Bonchev–Trinajstić information content (AvgIpc) is 2.61. The Bertz CT molecular complexity index is 853. The lowest BCUT2D eigenvalue weighted by molar-refractivity contribution is 0.0619. The molecule has 0 fully saturated rings. The van der Waals surface area contributed by atoms with E-state index in [1.165, 1.54) is 29.5 Å². The highest BCUT2D eigenvalue weighted by atomic mass is 16.5. The van der Waals surface area contributed by atoms with Crippen molar-refractivity contribution in [2.24, 2.45) is 0 Å². The molecule has 1 N–H and O–H groups in total. The van der Waals surface area contributed by atoms with Gasteiger partial charge in [-0.2, -0.15) is 0 Å². The van der Waals surface area contributed by atoms with Gasteiger partial charge in [-0.3, -0.25) is 4.79 Å². The van der Waals surface area contributed by atoms with Crippen molar-refractivity contribution in [2.45, 2.75) is 64.5 Å². The third kappa shape index (κ3) is 3.35. The summed E-state index contributed by atoms with van der Waals surface area (Å²) in [6.07, 6.45) is 5.46. The minimum atomic E-state index is -0.296. The Balaban J connectivity index is 1.60. The van der Waals surface area contributed by atoms with Crippen LogP contribution in [-0.2, 0) is 12.8 Å². The predicted octanol–water partition coefficient (Wildman–Crippen LogP) is 4.91. The van der Waals surface area contributed by atoms with Crippen LogP contribution in [0.4, 0.5) is 0 Å². The fraction of sp³-hybridized carbons (Fsp3) is 0.435. The van der Waals surface area contributed by atoms with E-state index in [9.17, 15) is 4.79 Å². The number of nitrogens with one attached hydrogen (secondary N) is 1. The van der Waals surface area contributed by atoms with Crippen LogP contribution in [-0.4, -0.2) is 11.5 Å². The molecule has 0 saturated carbocycles. The second kappa shape index (κ2) is 6.46. The summed E-state index contributed by atoms with van der Waals surface area (Å²) in [6, 6.07) is 12.4. The van der Waals surface area contributed by atoms with Crippen molar-refractivity contribution in [1.29, 1.82) is 0 Å². The molecule has 3 nitrogen and oxygen atoms in total. The Labute approximate surface area is 155 Å². The Morgan fingerprint density at radius 1 is 1.08 bits per heavy atom. The van der Waals surface area contributed by atoms with E-state index < -0.39 is 0 Å². The largest absolute Gasteiger partial charge is 0.487 e. The molecule has 0 saturated heterocycles. The summed E-state index contributed by atoms with van der Waals surface area (Å²) in [5, 5.41) is 3.26. The van der Waals surface area contributed by atoms with E-state index in [0.717, 1.165) is 36.1 Å². The van der Waals surface area contributed by atoms with E-state index >= 15 is 0 Å². The molecule has 136 valence electrons. The SMILES string of the molecule is Cc1ccc2c(c1)C(NC(=O)c1ccc3c(c1)CCCC3)CC(C)(C)O2. The van der Waals surface area contributed by atoms with Gasteiger partial charge in [-0.25, -0.2) is 0 Å². The lowest BCUT2D eigenvalue weighted by Crippen LogP contribution is -2.41. The van der Waals surface area contributed by atoms with Crippen molar-refractivity contribution in [2.75, 3.05) is 0 Å². The van der Waals surface area contributed by atoms with Gasteiger partial charge in [0.25, 0.3) is 5.91 Å². The molecule has 1 amide bonds. The summed E-state index contributed by atoms with van der Waals surface area (Å²) in [6.45, 7) is 6.23. The maximum atomic E-state index is 13.0. The zero-order valence-corrected chi connectivity index (χ0v) is 15.9. The first-order valence-corrected chi connectivity index (χ1v) is 9.63. The molecule has 2 aromatic carbocycles. The van der Waals surface area contributed by atoms with Gasteiger partial charge in [0.1, 0.15) is 11.4 Å². The molecular formula is C23H27NO2. The number of fused-ring (bicyclic) bond motifs is 2. The second-order valence-electron chi connectivity index (χ2n) is 8.32. The van der Waals surface area contributed by atoms with Crippen molar-refractivity contribution in [3.05, 3.63) is 64.2 Å². The normalized spacial score (nSPS) is 20.5. The summed E-state index contributed by atoms with van der Waals surface area (Å²) < 4.78 is 6.11.